The quantitative estimate of drug-likeness (QED) is 0.830. The average Bonchev–Trinajstić information content (AvgIpc) is 2.72. The predicted molar refractivity (Wildman–Crippen MR) is 101 cm³/mol. The lowest BCUT2D eigenvalue weighted by Crippen LogP contribution is -2.51. The zero-order valence-electron chi connectivity index (χ0n) is 16.0. The summed E-state index contributed by atoms with van der Waals surface area (Å²) in [5, 5.41) is 18.4. The van der Waals surface area contributed by atoms with Crippen LogP contribution < -0.4 is 4.90 Å². The molecule has 0 aromatic carbocycles. The molecule has 1 aromatic heterocycles. The molecular formula is C20H29N5O. The van der Waals surface area contributed by atoms with E-state index in [4.69, 9.17) is 0 Å². The highest BCUT2D eigenvalue weighted by Gasteiger charge is 2.30. The zero-order valence-corrected chi connectivity index (χ0v) is 16.0. The highest BCUT2D eigenvalue weighted by atomic mass is 16.2. The fourth-order valence-electron chi connectivity index (χ4n) is 4.25. The van der Waals surface area contributed by atoms with Gasteiger partial charge >= 0.3 is 0 Å². The molecule has 1 saturated carbocycles. The van der Waals surface area contributed by atoms with Crippen molar-refractivity contribution in [1.29, 1.82) is 5.26 Å². The number of hydrogen-bond acceptors (Lipinski definition) is 5. The van der Waals surface area contributed by atoms with Gasteiger partial charge < -0.3 is 9.80 Å². The number of aryl methyl sites for hydroxylation is 1. The monoisotopic (exact) mass is 355 g/mol. The third-order valence-corrected chi connectivity index (χ3v) is 5.78. The standard InChI is InChI=1S/C20H29N5O/c1-3-16-17(14-21)19(23-22-18(16)4-2)24-10-12-25(13-11-24)20(26)15-8-6-5-7-9-15/h15H,3-13H2,1-2H3. The third kappa shape index (κ3) is 3.67. The molecule has 1 aliphatic carbocycles. The Balaban J connectivity index is 1.70. The molecule has 26 heavy (non-hydrogen) atoms. The van der Waals surface area contributed by atoms with Crippen molar-refractivity contribution in [2.75, 3.05) is 31.1 Å². The Hall–Kier alpha value is -2.16. The van der Waals surface area contributed by atoms with Gasteiger partial charge in [-0.15, -0.1) is 5.10 Å². The molecule has 6 heteroatoms. The van der Waals surface area contributed by atoms with Crippen molar-refractivity contribution in [1.82, 2.24) is 15.1 Å². The highest BCUT2D eigenvalue weighted by Crippen LogP contribution is 2.27. The first-order chi connectivity index (χ1) is 12.7. The maximum absolute atomic E-state index is 12.7. The maximum atomic E-state index is 12.7. The second-order valence-corrected chi connectivity index (χ2v) is 7.29. The maximum Gasteiger partial charge on any atom is 0.225 e. The van der Waals surface area contributed by atoms with Crippen molar-refractivity contribution in [3.05, 3.63) is 16.8 Å². The van der Waals surface area contributed by atoms with E-state index in [2.05, 4.69) is 28.1 Å². The minimum Gasteiger partial charge on any atom is -0.350 e. The molecule has 2 aliphatic rings. The summed E-state index contributed by atoms with van der Waals surface area (Å²) < 4.78 is 0. The van der Waals surface area contributed by atoms with Crippen LogP contribution in [0, 0.1) is 17.2 Å². The first kappa shape index (κ1) is 18.6. The molecule has 0 radical (unpaired) electrons. The van der Waals surface area contributed by atoms with Crippen molar-refractivity contribution in [2.45, 2.75) is 58.8 Å². The van der Waals surface area contributed by atoms with Crippen LogP contribution in [0.3, 0.4) is 0 Å². The summed E-state index contributed by atoms with van der Waals surface area (Å²) >= 11 is 0. The number of carbonyl (C=O) groups is 1. The largest absolute Gasteiger partial charge is 0.350 e. The number of hydrogen-bond donors (Lipinski definition) is 0. The Morgan fingerprint density at radius 3 is 2.35 bits per heavy atom. The first-order valence-corrected chi connectivity index (χ1v) is 10.0. The summed E-state index contributed by atoms with van der Waals surface area (Å²) in [4.78, 5) is 16.9. The fourth-order valence-corrected chi connectivity index (χ4v) is 4.25. The number of aromatic nitrogens is 2. The second kappa shape index (κ2) is 8.48. The Morgan fingerprint density at radius 1 is 1.08 bits per heavy atom. The van der Waals surface area contributed by atoms with E-state index in [0.717, 1.165) is 50.0 Å². The summed E-state index contributed by atoms with van der Waals surface area (Å²) in [7, 11) is 0. The van der Waals surface area contributed by atoms with Gasteiger partial charge in [0.15, 0.2) is 5.82 Å². The minimum atomic E-state index is 0.222. The SMILES string of the molecule is CCc1nnc(N2CCN(C(=O)C3CCCCC3)CC2)c(C#N)c1CC. The minimum absolute atomic E-state index is 0.222. The van der Waals surface area contributed by atoms with E-state index < -0.39 is 0 Å². The Bertz CT molecular complexity index is 682. The molecule has 3 rings (SSSR count). The lowest BCUT2D eigenvalue weighted by molar-refractivity contribution is -0.136. The molecule has 1 aliphatic heterocycles. The Labute approximate surface area is 156 Å². The van der Waals surface area contributed by atoms with Crippen molar-refractivity contribution in [2.24, 2.45) is 5.92 Å². The molecule has 0 bridgehead atoms. The lowest BCUT2D eigenvalue weighted by Gasteiger charge is -2.37. The number of amides is 1. The number of carbonyl (C=O) groups excluding carboxylic acids is 1. The number of anilines is 1. The van der Waals surface area contributed by atoms with E-state index in [0.29, 0.717) is 30.4 Å². The molecule has 0 unspecified atom stereocenters. The normalized spacial score (nSPS) is 18.7. The van der Waals surface area contributed by atoms with Crippen LogP contribution in [0.2, 0.25) is 0 Å². The van der Waals surface area contributed by atoms with Gasteiger partial charge in [-0.05, 0) is 31.2 Å². The zero-order chi connectivity index (χ0) is 18.5. The summed E-state index contributed by atoms with van der Waals surface area (Å²) in [5.74, 6) is 1.23. The topological polar surface area (TPSA) is 73.1 Å². The van der Waals surface area contributed by atoms with Crippen LogP contribution in [0.4, 0.5) is 5.82 Å². The molecule has 1 saturated heterocycles. The molecule has 140 valence electrons. The lowest BCUT2D eigenvalue weighted by atomic mass is 9.88. The van der Waals surface area contributed by atoms with Crippen molar-refractivity contribution in [3.8, 4) is 6.07 Å². The van der Waals surface area contributed by atoms with Gasteiger partial charge in [-0.1, -0.05) is 33.1 Å². The van der Waals surface area contributed by atoms with E-state index in [-0.39, 0.29) is 5.92 Å². The predicted octanol–water partition coefficient (Wildman–Crippen LogP) is 2.70. The van der Waals surface area contributed by atoms with Gasteiger partial charge in [-0.3, -0.25) is 4.79 Å². The fraction of sp³-hybridized carbons (Fsp3) is 0.700. The highest BCUT2D eigenvalue weighted by molar-refractivity contribution is 5.79. The van der Waals surface area contributed by atoms with Gasteiger partial charge in [-0.2, -0.15) is 10.4 Å². The summed E-state index contributed by atoms with van der Waals surface area (Å²) in [6.07, 6.45) is 7.29. The van der Waals surface area contributed by atoms with Gasteiger partial charge in [0.1, 0.15) is 11.6 Å². The number of nitrogens with zero attached hydrogens (tertiary/aromatic N) is 5. The molecule has 0 spiro atoms. The van der Waals surface area contributed by atoms with Crippen molar-refractivity contribution in [3.63, 3.8) is 0 Å². The first-order valence-electron chi connectivity index (χ1n) is 10.0. The van der Waals surface area contributed by atoms with Crippen molar-refractivity contribution < 1.29 is 4.79 Å². The molecule has 0 N–H and O–H groups in total. The van der Waals surface area contributed by atoms with E-state index >= 15 is 0 Å². The van der Waals surface area contributed by atoms with Crippen LogP contribution in [0.5, 0.6) is 0 Å². The molecule has 6 nitrogen and oxygen atoms in total. The summed E-state index contributed by atoms with van der Waals surface area (Å²) in [5.41, 5.74) is 2.59. The van der Waals surface area contributed by atoms with Crippen LogP contribution in [-0.2, 0) is 17.6 Å². The van der Waals surface area contributed by atoms with Crippen molar-refractivity contribution >= 4 is 11.7 Å². The van der Waals surface area contributed by atoms with Crippen LogP contribution in [0.25, 0.3) is 0 Å². The number of rotatable bonds is 4. The molecule has 2 heterocycles. The van der Waals surface area contributed by atoms with Gasteiger partial charge in [-0.25, -0.2) is 0 Å². The van der Waals surface area contributed by atoms with E-state index in [9.17, 15) is 10.1 Å². The third-order valence-electron chi connectivity index (χ3n) is 5.78. The second-order valence-electron chi connectivity index (χ2n) is 7.29. The molecular weight excluding hydrogens is 326 g/mol. The molecule has 2 fully saturated rings. The van der Waals surface area contributed by atoms with Gasteiger partial charge in [0.25, 0.3) is 0 Å². The molecule has 1 amide bonds. The Morgan fingerprint density at radius 2 is 1.77 bits per heavy atom. The van der Waals surface area contributed by atoms with E-state index in [1.165, 1.54) is 19.3 Å². The van der Waals surface area contributed by atoms with E-state index in [1.807, 2.05) is 11.8 Å². The van der Waals surface area contributed by atoms with Crippen LogP contribution in [0.1, 0.15) is 62.8 Å². The van der Waals surface area contributed by atoms with Gasteiger partial charge in [0, 0.05) is 32.1 Å². The van der Waals surface area contributed by atoms with E-state index in [1.54, 1.807) is 0 Å². The molecule has 0 atom stereocenters. The Kier molecular flexibility index (Phi) is 6.08. The van der Waals surface area contributed by atoms with Crippen LogP contribution in [0.15, 0.2) is 0 Å². The smallest absolute Gasteiger partial charge is 0.225 e. The summed E-state index contributed by atoms with van der Waals surface area (Å²) in [6, 6.07) is 2.35. The number of piperazine rings is 1. The van der Waals surface area contributed by atoms with Gasteiger partial charge in [0.2, 0.25) is 5.91 Å². The summed E-state index contributed by atoms with van der Waals surface area (Å²) in [6.45, 7) is 6.95. The number of nitriles is 1. The van der Waals surface area contributed by atoms with Gasteiger partial charge in [0.05, 0.1) is 5.69 Å². The van der Waals surface area contributed by atoms with Crippen LogP contribution >= 0.6 is 0 Å². The average molecular weight is 355 g/mol. The molecule has 1 aromatic rings. The van der Waals surface area contributed by atoms with Crippen LogP contribution in [-0.4, -0.2) is 47.2 Å².